The van der Waals surface area contributed by atoms with Gasteiger partial charge in [-0.15, -0.1) is 15.0 Å². The Bertz CT molecular complexity index is 544. The fraction of sp³-hybridized carbons (Fsp3) is 0.200. The van der Waals surface area contributed by atoms with E-state index in [0.717, 1.165) is 11.3 Å². The van der Waals surface area contributed by atoms with Crippen molar-refractivity contribution in [3.63, 3.8) is 0 Å². The van der Waals surface area contributed by atoms with E-state index >= 15 is 0 Å². The third kappa shape index (κ3) is 2.56. The zero-order valence-electron chi connectivity index (χ0n) is 8.82. The summed E-state index contributed by atoms with van der Waals surface area (Å²) >= 11 is 15.3. The van der Waals surface area contributed by atoms with Crippen LogP contribution in [0.4, 0.5) is 0 Å². The molecule has 0 N–H and O–H groups in total. The Morgan fingerprint density at radius 1 is 1.35 bits per heavy atom. The topological polar surface area (TPSA) is 39.9 Å². The van der Waals surface area contributed by atoms with Gasteiger partial charge in [0.25, 0.3) is 5.88 Å². The minimum Gasteiger partial charge on any atom is -0.478 e. The Hall–Kier alpha value is -0.780. The van der Waals surface area contributed by atoms with Crippen LogP contribution >= 0.6 is 39.1 Å². The van der Waals surface area contributed by atoms with Crippen LogP contribution in [0.3, 0.4) is 0 Å². The van der Waals surface area contributed by atoms with Gasteiger partial charge in [0.1, 0.15) is 0 Å². The molecule has 2 aromatic rings. The number of methoxy groups -OCH3 is 1. The number of nitrogens with zero attached hydrogens (tertiary/aromatic N) is 3. The highest BCUT2D eigenvalue weighted by Gasteiger charge is 2.11. The van der Waals surface area contributed by atoms with Crippen molar-refractivity contribution < 1.29 is 4.74 Å². The highest BCUT2D eigenvalue weighted by molar-refractivity contribution is 9.08. The van der Waals surface area contributed by atoms with Crippen LogP contribution in [0.2, 0.25) is 10.2 Å². The van der Waals surface area contributed by atoms with Crippen LogP contribution in [-0.2, 0) is 5.33 Å². The lowest BCUT2D eigenvalue weighted by atomic mass is 10.2. The second-order valence-corrected chi connectivity index (χ2v) is 4.52. The first-order valence-corrected chi connectivity index (χ1v) is 6.55. The van der Waals surface area contributed by atoms with Crippen LogP contribution in [0.1, 0.15) is 5.56 Å². The Morgan fingerprint density at radius 2 is 2.12 bits per heavy atom. The molecule has 1 aromatic carbocycles. The first-order chi connectivity index (χ1) is 8.15. The molecule has 0 fully saturated rings. The minimum absolute atomic E-state index is 0.216. The first kappa shape index (κ1) is 12.7. The predicted octanol–water partition coefficient (Wildman–Crippen LogP) is 3.48. The van der Waals surface area contributed by atoms with Crippen LogP contribution in [0.25, 0.3) is 5.69 Å². The van der Waals surface area contributed by atoms with Crippen molar-refractivity contribution in [2.75, 3.05) is 7.11 Å². The lowest BCUT2D eigenvalue weighted by molar-refractivity contribution is 0.394. The second-order valence-electron chi connectivity index (χ2n) is 3.20. The van der Waals surface area contributed by atoms with E-state index in [1.165, 1.54) is 11.9 Å². The van der Waals surface area contributed by atoms with Crippen LogP contribution in [0, 0.1) is 0 Å². The van der Waals surface area contributed by atoms with Gasteiger partial charge in [-0.2, -0.15) is 0 Å². The molecule has 0 aliphatic carbocycles. The molecule has 0 amide bonds. The van der Waals surface area contributed by atoms with E-state index in [1.807, 2.05) is 12.1 Å². The second kappa shape index (κ2) is 5.25. The highest BCUT2D eigenvalue weighted by Crippen LogP contribution is 2.24. The van der Waals surface area contributed by atoms with Crippen LogP contribution in [0.15, 0.2) is 18.2 Å². The van der Waals surface area contributed by atoms with Crippen LogP contribution in [-0.4, -0.2) is 22.1 Å². The zero-order chi connectivity index (χ0) is 12.4. The molecule has 0 atom stereocenters. The van der Waals surface area contributed by atoms with Crippen LogP contribution in [0.5, 0.6) is 5.88 Å². The van der Waals surface area contributed by atoms with Gasteiger partial charge in [-0.1, -0.05) is 45.2 Å². The Labute approximate surface area is 117 Å². The maximum absolute atomic E-state index is 6.10. The molecule has 0 spiro atoms. The summed E-state index contributed by atoms with van der Waals surface area (Å²) in [5, 5.41) is 9.66. The summed E-state index contributed by atoms with van der Waals surface area (Å²) in [7, 11) is 1.49. The first-order valence-electron chi connectivity index (χ1n) is 4.67. The maximum Gasteiger partial charge on any atom is 0.273 e. The van der Waals surface area contributed by atoms with Crippen molar-refractivity contribution in [1.82, 2.24) is 15.0 Å². The summed E-state index contributed by atoms with van der Waals surface area (Å²) in [6.45, 7) is 0. The molecular formula is C10H8BrCl2N3O. The molecule has 0 aliphatic rings. The van der Waals surface area contributed by atoms with E-state index in [-0.39, 0.29) is 11.0 Å². The van der Waals surface area contributed by atoms with Gasteiger partial charge in [-0.05, 0) is 17.7 Å². The van der Waals surface area contributed by atoms with Crippen LogP contribution < -0.4 is 4.74 Å². The van der Waals surface area contributed by atoms with Crippen molar-refractivity contribution in [2.45, 2.75) is 5.33 Å². The summed E-state index contributed by atoms with van der Waals surface area (Å²) in [5.41, 5.74) is 1.73. The van der Waals surface area contributed by atoms with E-state index in [1.54, 1.807) is 6.07 Å². The largest absolute Gasteiger partial charge is 0.478 e. The minimum atomic E-state index is 0.216. The van der Waals surface area contributed by atoms with Gasteiger partial charge in [-0.25, -0.2) is 0 Å². The number of hydrogen-bond donors (Lipinski definition) is 0. The van der Waals surface area contributed by atoms with Gasteiger partial charge in [-0.3, -0.25) is 0 Å². The smallest absolute Gasteiger partial charge is 0.273 e. The summed E-state index contributed by atoms with van der Waals surface area (Å²) in [5.74, 6) is 0.285. The molecule has 2 rings (SSSR count). The Balaban J connectivity index is 2.42. The molecule has 1 aromatic heterocycles. The van der Waals surface area contributed by atoms with E-state index < -0.39 is 0 Å². The maximum atomic E-state index is 6.10. The Kier molecular flexibility index (Phi) is 3.91. The number of hydrogen-bond acceptors (Lipinski definition) is 3. The van der Waals surface area contributed by atoms with Gasteiger partial charge in [0, 0.05) is 10.4 Å². The molecule has 0 unspecified atom stereocenters. The van der Waals surface area contributed by atoms with Crippen molar-refractivity contribution in [3.8, 4) is 11.6 Å². The van der Waals surface area contributed by atoms with Crippen molar-refractivity contribution in [1.29, 1.82) is 0 Å². The van der Waals surface area contributed by atoms with Crippen molar-refractivity contribution in [3.05, 3.63) is 33.9 Å². The molecule has 0 saturated carbocycles. The standard InChI is InChI=1S/C10H8BrCl2N3O/c1-17-10-9(13)14-16(15-10)7-3-2-6(5-11)8(12)4-7/h2-4H,5H2,1H3. The van der Waals surface area contributed by atoms with Gasteiger partial charge in [0.05, 0.1) is 12.8 Å². The highest BCUT2D eigenvalue weighted by atomic mass is 79.9. The third-order valence-electron chi connectivity index (χ3n) is 2.15. The summed E-state index contributed by atoms with van der Waals surface area (Å²) in [4.78, 5) is 1.38. The molecule has 7 heteroatoms. The quantitative estimate of drug-likeness (QED) is 0.805. The fourth-order valence-corrected chi connectivity index (χ4v) is 2.36. The number of rotatable bonds is 3. The Morgan fingerprint density at radius 3 is 2.65 bits per heavy atom. The van der Waals surface area contributed by atoms with Crippen molar-refractivity contribution >= 4 is 39.1 Å². The predicted molar refractivity (Wildman–Crippen MR) is 70.6 cm³/mol. The van der Waals surface area contributed by atoms with Gasteiger partial charge in [0.15, 0.2) is 0 Å². The van der Waals surface area contributed by atoms with E-state index in [2.05, 4.69) is 26.1 Å². The molecule has 90 valence electrons. The number of halogens is 3. The van der Waals surface area contributed by atoms with Gasteiger partial charge in [0.2, 0.25) is 5.15 Å². The number of alkyl halides is 1. The van der Waals surface area contributed by atoms with E-state index in [0.29, 0.717) is 10.4 Å². The SMILES string of the molecule is COc1nn(-c2ccc(CBr)c(Cl)c2)nc1Cl. The lowest BCUT2D eigenvalue weighted by Gasteiger charge is -2.03. The van der Waals surface area contributed by atoms with Crippen molar-refractivity contribution in [2.24, 2.45) is 0 Å². The number of ether oxygens (including phenoxy) is 1. The van der Waals surface area contributed by atoms with E-state index in [4.69, 9.17) is 27.9 Å². The molecule has 4 nitrogen and oxygen atoms in total. The average Bonchev–Trinajstić information content (AvgIpc) is 2.70. The lowest BCUT2D eigenvalue weighted by Crippen LogP contribution is -1.99. The third-order valence-corrected chi connectivity index (χ3v) is 3.34. The fourth-order valence-electron chi connectivity index (χ4n) is 1.29. The monoisotopic (exact) mass is 335 g/mol. The number of aromatic nitrogens is 3. The van der Waals surface area contributed by atoms with Gasteiger partial charge >= 0.3 is 0 Å². The summed E-state index contributed by atoms with van der Waals surface area (Å²) in [6.07, 6.45) is 0. The average molecular weight is 337 g/mol. The summed E-state index contributed by atoms with van der Waals surface area (Å²) < 4.78 is 4.96. The molecule has 0 radical (unpaired) electrons. The van der Waals surface area contributed by atoms with Gasteiger partial charge < -0.3 is 4.74 Å². The molecule has 1 heterocycles. The summed E-state index contributed by atoms with van der Waals surface area (Å²) in [6, 6.07) is 5.53. The molecule has 17 heavy (non-hydrogen) atoms. The molecular weight excluding hydrogens is 329 g/mol. The molecule has 0 bridgehead atoms. The van der Waals surface area contributed by atoms with E-state index in [9.17, 15) is 0 Å². The zero-order valence-corrected chi connectivity index (χ0v) is 11.9. The number of benzene rings is 1. The molecule has 0 saturated heterocycles. The normalized spacial score (nSPS) is 10.6. The molecule has 0 aliphatic heterocycles.